The number of anilines is 2. The number of aryl methyl sites for hydroxylation is 1. The summed E-state index contributed by atoms with van der Waals surface area (Å²) in [5.41, 5.74) is 1.91. The number of piperidine rings is 1. The van der Waals surface area contributed by atoms with E-state index in [4.69, 9.17) is 9.47 Å². The van der Waals surface area contributed by atoms with Crippen LogP contribution in [0.4, 0.5) is 11.6 Å². The topological polar surface area (TPSA) is 86.4 Å². The van der Waals surface area contributed by atoms with Crippen LogP contribution in [0.2, 0.25) is 0 Å². The van der Waals surface area contributed by atoms with Gasteiger partial charge in [0.15, 0.2) is 5.65 Å². The van der Waals surface area contributed by atoms with Crippen LogP contribution in [-0.4, -0.2) is 57.4 Å². The molecule has 1 aliphatic heterocycles. The Morgan fingerprint density at radius 1 is 1.19 bits per heavy atom. The number of ether oxygens (including phenoxy) is 2. The number of fused-ring (bicyclic) bond motifs is 1. The van der Waals surface area contributed by atoms with E-state index in [0.29, 0.717) is 22.9 Å². The Balaban J connectivity index is 1.58. The van der Waals surface area contributed by atoms with Gasteiger partial charge in [0.2, 0.25) is 5.95 Å². The summed E-state index contributed by atoms with van der Waals surface area (Å²) in [5, 5.41) is 3.21. The average Bonchev–Trinajstić information content (AvgIpc) is 3.00. The van der Waals surface area contributed by atoms with Crippen molar-refractivity contribution in [3.05, 3.63) is 34.9 Å². The van der Waals surface area contributed by atoms with Crippen molar-refractivity contribution in [2.45, 2.75) is 38.8 Å². The lowest BCUT2D eigenvalue weighted by Gasteiger charge is -2.29. The molecule has 9 heteroatoms. The van der Waals surface area contributed by atoms with Crippen molar-refractivity contribution in [2.75, 3.05) is 32.6 Å². The summed E-state index contributed by atoms with van der Waals surface area (Å²) in [6.07, 6.45) is 3.91. The van der Waals surface area contributed by atoms with Gasteiger partial charge in [-0.05, 0) is 45.9 Å². The molecule has 9 nitrogen and oxygen atoms in total. The van der Waals surface area contributed by atoms with Gasteiger partial charge < -0.3 is 19.7 Å². The van der Waals surface area contributed by atoms with Crippen LogP contribution in [0.15, 0.2) is 29.2 Å². The summed E-state index contributed by atoms with van der Waals surface area (Å²) in [4.78, 5) is 23.8. The standard InChI is InChI=1S/C22H30N6O3/c1-14(2)28-20-18(27(4)22(28)29)13-23-21(25-20)24-17-7-6-16(12-19(17)30-5)31-15-8-10-26(3)11-9-15/h6-7,12-15H,8-11H2,1-5H3,(H,23,24,25). The first-order valence-corrected chi connectivity index (χ1v) is 10.6. The second kappa shape index (κ2) is 8.58. The molecule has 0 unspecified atom stereocenters. The van der Waals surface area contributed by atoms with Crippen molar-refractivity contribution in [3.63, 3.8) is 0 Å². The van der Waals surface area contributed by atoms with Crippen molar-refractivity contribution in [2.24, 2.45) is 7.05 Å². The quantitative estimate of drug-likeness (QED) is 0.648. The number of benzene rings is 1. The van der Waals surface area contributed by atoms with E-state index in [0.717, 1.165) is 37.4 Å². The number of rotatable bonds is 6. The van der Waals surface area contributed by atoms with Gasteiger partial charge in [-0.15, -0.1) is 0 Å². The minimum atomic E-state index is -0.107. The number of hydrogen-bond acceptors (Lipinski definition) is 7. The molecule has 1 aromatic carbocycles. The van der Waals surface area contributed by atoms with Gasteiger partial charge in [-0.2, -0.15) is 4.98 Å². The fraction of sp³-hybridized carbons (Fsp3) is 0.500. The third-order valence-electron chi connectivity index (χ3n) is 5.74. The summed E-state index contributed by atoms with van der Waals surface area (Å²) in [6.45, 7) is 6.01. The summed E-state index contributed by atoms with van der Waals surface area (Å²) >= 11 is 0. The van der Waals surface area contributed by atoms with Crippen LogP contribution >= 0.6 is 0 Å². The van der Waals surface area contributed by atoms with Crippen molar-refractivity contribution < 1.29 is 9.47 Å². The summed E-state index contributed by atoms with van der Waals surface area (Å²) in [5.74, 6) is 1.82. The SMILES string of the molecule is COc1cc(OC2CCN(C)CC2)ccc1Nc1ncc2c(n1)n(C(C)C)c(=O)n2C. The minimum absolute atomic E-state index is 0.00973. The Morgan fingerprint density at radius 3 is 2.61 bits per heavy atom. The van der Waals surface area contributed by atoms with Crippen LogP contribution in [0.25, 0.3) is 11.2 Å². The molecule has 3 heterocycles. The summed E-state index contributed by atoms with van der Waals surface area (Å²) in [6, 6.07) is 5.70. The van der Waals surface area contributed by atoms with Gasteiger partial charge in [0, 0.05) is 32.2 Å². The molecule has 1 N–H and O–H groups in total. The molecule has 0 bridgehead atoms. The van der Waals surface area contributed by atoms with Crippen LogP contribution in [-0.2, 0) is 7.05 Å². The molecule has 2 aromatic heterocycles. The van der Waals surface area contributed by atoms with Crippen molar-refractivity contribution in [1.29, 1.82) is 0 Å². The Hall–Kier alpha value is -3.07. The zero-order valence-electron chi connectivity index (χ0n) is 18.8. The van der Waals surface area contributed by atoms with Gasteiger partial charge >= 0.3 is 5.69 Å². The van der Waals surface area contributed by atoms with E-state index in [1.807, 2.05) is 32.0 Å². The third kappa shape index (κ3) is 4.23. The van der Waals surface area contributed by atoms with E-state index in [1.54, 1.807) is 29.5 Å². The highest BCUT2D eigenvalue weighted by atomic mass is 16.5. The predicted molar refractivity (Wildman–Crippen MR) is 121 cm³/mol. The summed E-state index contributed by atoms with van der Waals surface area (Å²) < 4.78 is 15.0. The first-order chi connectivity index (χ1) is 14.9. The number of methoxy groups -OCH3 is 1. The largest absolute Gasteiger partial charge is 0.494 e. The zero-order valence-corrected chi connectivity index (χ0v) is 18.8. The number of likely N-dealkylation sites (tertiary alicyclic amines) is 1. The highest BCUT2D eigenvalue weighted by molar-refractivity contribution is 5.73. The molecule has 0 amide bonds. The lowest BCUT2D eigenvalue weighted by molar-refractivity contribution is 0.114. The van der Waals surface area contributed by atoms with Gasteiger partial charge in [-0.3, -0.25) is 9.13 Å². The van der Waals surface area contributed by atoms with Crippen LogP contribution in [0, 0.1) is 0 Å². The van der Waals surface area contributed by atoms with E-state index in [2.05, 4.69) is 27.2 Å². The third-order valence-corrected chi connectivity index (χ3v) is 5.74. The van der Waals surface area contributed by atoms with Crippen LogP contribution in [0.3, 0.4) is 0 Å². The molecule has 0 saturated carbocycles. The highest BCUT2D eigenvalue weighted by Crippen LogP contribution is 2.32. The Kier molecular flexibility index (Phi) is 5.86. The lowest BCUT2D eigenvalue weighted by Crippen LogP contribution is -2.35. The number of imidazole rings is 1. The second-order valence-corrected chi connectivity index (χ2v) is 8.32. The molecule has 0 aliphatic carbocycles. The van der Waals surface area contributed by atoms with E-state index in [-0.39, 0.29) is 17.8 Å². The second-order valence-electron chi connectivity index (χ2n) is 8.32. The molecule has 0 atom stereocenters. The van der Waals surface area contributed by atoms with Crippen LogP contribution in [0.5, 0.6) is 11.5 Å². The van der Waals surface area contributed by atoms with Crippen molar-refractivity contribution in [3.8, 4) is 11.5 Å². The van der Waals surface area contributed by atoms with E-state index >= 15 is 0 Å². The van der Waals surface area contributed by atoms with Gasteiger partial charge in [-0.25, -0.2) is 9.78 Å². The molecule has 166 valence electrons. The maximum atomic E-state index is 12.5. The first-order valence-electron chi connectivity index (χ1n) is 10.6. The molecule has 31 heavy (non-hydrogen) atoms. The van der Waals surface area contributed by atoms with Crippen LogP contribution < -0.4 is 20.5 Å². The molecule has 1 aliphatic rings. The average molecular weight is 427 g/mol. The van der Waals surface area contributed by atoms with Gasteiger partial charge in [0.1, 0.15) is 23.1 Å². The fourth-order valence-electron chi connectivity index (χ4n) is 3.93. The van der Waals surface area contributed by atoms with Gasteiger partial charge in [-0.1, -0.05) is 0 Å². The minimum Gasteiger partial charge on any atom is -0.494 e. The Labute approximate surface area is 181 Å². The molecular formula is C22H30N6O3. The molecule has 4 rings (SSSR count). The maximum absolute atomic E-state index is 12.5. The molecular weight excluding hydrogens is 396 g/mol. The predicted octanol–water partition coefficient (Wildman–Crippen LogP) is 2.94. The van der Waals surface area contributed by atoms with Crippen molar-refractivity contribution in [1.82, 2.24) is 24.0 Å². The highest BCUT2D eigenvalue weighted by Gasteiger charge is 2.19. The number of nitrogens with zero attached hydrogens (tertiary/aromatic N) is 5. The molecule has 0 spiro atoms. The van der Waals surface area contributed by atoms with Crippen molar-refractivity contribution >= 4 is 22.8 Å². The zero-order chi connectivity index (χ0) is 22.1. The normalized spacial score (nSPS) is 15.5. The number of aromatic nitrogens is 4. The van der Waals surface area contributed by atoms with E-state index in [1.165, 1.54) is 0 Å². The monoisotopic (exact) mass is 426 g/mol. The molecule has 1 fully saturated rings. The van der Waals surface area contributed by atoms with Crippen LogP contribution in [0.1, 0.15) is 32.7 Å². The first kappa shape index (κ1) is 21.2. The molecule has 1 saturated heterocycles. The lowest BCUT2D eigenvalue weighted by atomic mass is 10.1. The van der Waals surface area contributed by atoms with E-state index in [9.17, 15) is 4.79 Å². The number of nitrogens with one attached hydrogen (secondary N) is 1. The maximum Gasteiger partial charge on any atom is 0.330 e. The molecule has 3 aromatic rings. The fourth-order valence-corrected chi connectivity index (χ4v) is 3.93. The number of hydrogen-bond donors (Lipinski definition) is 1. The molecule has 0 radical (unpaired) electrons. The summed E-state index contributed by atoms with van der Waals surface area (Å²) in [7, 11) is 5.48. The van der Waals surface area contributed by atoms with Gasteiger partial charge in [0.05, 0.1) is 19.0 Å². The Morgan fingerprint density at radius 2 is 1.94 bits per heavy atom. The van der Waals surface area contributed by atoms with E-state index < -0.39 is 0 Å². The van der Waals surface area contributed by atoms with Gasteiger partial charge in [0.25, 0.3) is 0 Å². The Bertz CT molecular complexity index is 1130. The smallest absolute Gasteiger partial charge is 0.330 e.